The Morgan fingerprint density at radius 2 is 2.18 bits per heavy atom. The van der Waals surface area contributed by atoms with Gasteiger partial charge in [-0.1, -0.05) is 30.7 Å². The first-order valence-corrected chi connectivity index (χ1v) is 9.22. The summed E-state index contributed by atoms with van der Waals surface area (Å²) in [5.74, 6) is 0. The van der Waals surface area contributed by atoms with E-state index in [1.807, 2.05) is 39.0 Å². The first kappa shape index (κ1) is 17.7. The molecule has 1 N–H and O–H groups in total. The van der Waals surface area contributed by atoms with Crippen molar-refractivity contribution < 1.29 is 13.2 Å². The molecule has 0 amide bonds. The molecule has 1 saturated heterocycles. The summed E-state index contributed by atoms with van der Waals surface area (Å²) in [5.41, 5.74) is 0.299. The number of rotatable bonds is 5. The number of hydrogen-bond donors (Lipinski definition) is 1. The van der Waals surface area contributed by atoms with Gasteiger partial charge in [-0.15, -0.1) is 0 Å². The first-order chi connectivity index (χ1) is 10.3. The molecule has 1 aliphatic heterocycles. The molecular formula is C15H23ClN2O3S. The number of halogens is 1. The molecule has 1 heterocycles. The molecule has 1 fully saturated rings. The van der Waals surface area contributed by atoms with Crippen molar-refractivity contribution in [1.29, 1.82) is 0 Å². The van der Waals surface area contributed by atoms with E-state index in [2.05, 4.69) is 4.72 Å². The van der Waals surface area contributed by atoms with Crippen molar-refractivity contribution >= 4 is 21.8 Å². The zero-order valence-electron chi connectivity index (χ0n) is 13.2. The summed E-state index contributed by atoms with van der Waals surface area (Å²) < 4.78 is 35.1. The zero-order chi connectivity index (χ0) is 16.4. The molecule has 1 atom stereocenters. The summed E-state index contributed by atoms with van der Waals surface area (Å²) in [6.45, 7) is 6.70. The van der Waals surface area contributed by atoms with Crippen molar-refractivity contribution in [1.82, 2.24) is 9.03 Å². The van der Waals surface area contributed by atoms with E-state index in [0.29, 0.717) is 18.2 Å². The van der Waals surface area contributed by atoms with Gasteiger partial charge in [0.1, 0.15) is 0 Å². The van der Waals surface area contributed by atoms with Gasteiger partial charge in [-0.05, 0) is 38.0 Å². The molecule has 0 aliphatic carbocycles. The Bertz CT molecular complexity index is 619. The Kier molecular flexibility index (Phi) is 5.50. The van der Waals surface area contributed by atoms with Crippen molar-refractivity contribution in [3.63, 3.8) is 0 Å². The van der Waals surface area contributed by atoms with Gasteiger partial charge in [0.2, 0.25) is 0 Å². The Hall–Kier alpha value is -0.660. The molecule has 7 heteroatoms. The highest BCUT2D eigenvalue weighted by molar-refractivity contribution is 7.87. The molecule has 0 spiro atoms. The number of morpholine rings is 1. The van der Waals surface area contributed by atoms with Crippen molar-refractivity contribution in [2.75, 3.05) is 19.7 Å². The average Bonchev–Trinajstić information content (AvgIpc) is 2.44. The quantitative estimate of drug-likeness (QED) is 0.891. The molecule has 124 valence electrons. The summed E-state index contributed by atoms with van der Waals surface area (Å²) in [4.78, 5) is 0. The minimum atomic E-state index is -3.53. The van der Waals surface area contributed by atoms with Crippen molar-refractivity contribution in [3.8, 4) is 0 Å². The fraction of sp³-hybridized carbons (Fsp3) is 0.600. The Morgan fingerprint density at radius 3 is 2.82 bits per heavy atom. The van der Waals surface area contributed by atoms with E-state index in [0.717, 1.165) is 12.0 Å². The lowest BCUT2D eigenvalue weighted by atomic mass is 10.0. The number of ether oxygens (including phenoxy) is 1. The zero-order valence-corrected chi connectivity index (χ0v) is 14.7. The fourth-order valence-corrected chi connectivity index (χ4v) is 4.32. The van der Waals surface area contributed by atoms with Crippen LogP contribution in [0.5, 0.6) is 0 Å². The van der Waals surface area contributed by atoms with E-state index >= 15 is 0 Å². The van der Waals surface area contributed by atoms with Gasteiger partial charge in [0.15, 0.2) is 0 Å². The summed E-state index contributed by atoms with van der Waals surface area (Å²) >= 11 is 6.02. The molecule has 1 unspecified atom stereocenters. The second kappa shape index (κ2) is 6.84. The monoisotopic (exact) mass is 346 g/mol. The maximum Gasteiger partial charge on any atom is 0.280 e. The maximum absolute atomic E-state index is 12.5. The van der Waals surface area contributed by atoms with Crippen LogP contribution in [0, 0.1) is 0 Å². The highest BCUT2D eigenvalue weighted by atomic mass is 35.5. The molecule has 1 aromatic carbocycles. The number of nitrogens with one attached hydrogen (secondary N) is 1. The largest absolute Gasteiger partial charge is 0.370 e. The predicted octanol–water partition coefficient (Wildman–Crippen LogP) is 2.74. The lowest BCUT2D eigenvalue weighted by Gasteiger charge is -2.44. The molecule has 0 aromatic heterocycles. The van der Waals surface area contributed by atoms with Gasteiger partial charge in [0, 0.05) is 18.1 Å². The topological polar surface area (TPSA) is 58.6 Å². The van der Waals surface area contributed by atoms with Crippen molar-refractivity contribution in [2.45, 2.75) is 38.8 Å². The smallest absolute Gasteiger partial charge is 0.280 e. The molecule has 0 radical (unpaired) electrons. The second-order valence-electron chi connectivity index (χ2n) is 6.10. The number of benzene rings is 1. The summed E-state index contributed by atoms with van der Waals surface area (Å²) in [6, 6.07) is 7.35. The summed E-state index contributed by atoms with van der Waals surface area (Å²) in [6.07, 6.45) is 0.437. The minimum absolute atomic E-state index is 0.270. The Morgan fingerprint density at radius 1 is 1.45 bits per heavy atom. The Balaban J connectivity index is 2.24. The van der Waals surface area contributed by atoms with Gasteiger partial charge in [0.25, 0.3) is 10.2 Å². The van der Waals surface area contributed by atoms with E-state index in [1.165, 1.54) is 4.31 Å². The van der Waals surface area contributed by atoms with Gasteiger partial charge in [-0.25, -0.2) is 4.72 Å². The molecule has 0 bridgehead atoms. The van der Waals surface area contributed by atoms with Crippen LogP contribution >= 0.6 is 11.6 Å². The van der Waals surface area contributed by atoms with E-state index in [9.17, 15) is 8.42 Å². The summed E-state index contributed by atoms with van der Waals surface area (Å²) in [7, 11) is -3.53. The van der Waals surface area contributed by atoms with Crippen LogP contribution in [0.2, 0.25) is 5.02 Å². The van der Waals surface area contributed by atoms with Crippen LogP contribution in [-0.2, 0) is 14.9 Å². The molecule has 1 aromatic rings. The van der Waals surface area contributed by atoms with E-state index in [1.54, 1.807) is 6.07 Å². The summed E-state index contributed by atoms with van der Waals surface area (Å²) in [5, 5.41) is 0.615. The van der Waals surface area contributed by atoms with E-state index in [4.69, 9.17) is 16.3 Å². The normalized spacial score (nSPS) is 22.6. The lowest BCUT2D eigenvalue weighted by Crippen LogP contribution is -2.59. The maximum atomic E-state index is 12.5. The molecule has 1 aliphatic rings. The van der Waals surface area contributed by atoms with Crippen LogP contribution in [0.1, 0.15) is 38.9 Å². The van der Waals surface area contributed by atoms with Crippen LogP contribution in [0.15, 0.2) is 24.3 Å². The highest BCUT2D eigenvalue weighted by Gasteiger charge is 2.42. The van der Waals surface area contributed by atoms with Gasteiger partial charge in [-0.3, -0.25) is 0 Å². The standard InChI is InChI=1S/C15H23ClN2O3S/c1-4-8-17-22(19,20)18-10-14(21-11-15(18,2)3)12-6-5-7-13(16)9-12/h5-7,9,14,17H,4,8,10-11H2,1-3H3. The second-order valence-corrected chi connectivity index (χ2v) is 8.21. The molecular weight excluding hydrogens is 324 g/mol. The van der Waals surface area contributed by atoms with Crippen LogP contribution < -0.4 is 4.72 Å². The fourth-order valence-electron chi connectivity index (χ4n) is 2.47. The van der Waals surface area contributed by atoms with Gasteiger partial charge in [0.05, 0.1) is 18.2 Å². The lowest BCUT2D eigenvalue weighted by molar-refractivity contribution is -0.0659. The average molecular weight is 347 g/mol. The first-order valence-electron chi connectivity index (χ1n) is 7.41. The molecule has 0 saturated carbocycles. The third-order valence-electron chi connectivity index (χ3n) is 3.69. The number of nitrogens with zero attached hydrogens (tertiary/aromatic N) is 1. The molecule has 5 nitrogen and oxygen atoms in total. The van der Waals surface area contributed by atoms with E-state index in [-0.39, 0.29) is 12.6 Å². The van der Waals surface area contributed by atoms with Crippen LogP contribution in [0.3, 0.4) is 0 Å². The molecule has 2 rings (SSSR count). The number of hydrogen-bond acceptors (Lipinski definition) is 3. The van der Waals surface area contributed by atoms with Crippen LogP contribution in [-0.4, -0.2) is 38.0 Å². The van der Waals surface area contributed by atoms with Crippen molar-refractivity contribution in [2.24, 2.45) is 0 Å². The third-order valence-corrected chi connectivity index (χ3v) is 5.72. The van der Waals surface area contributed by atoms with Gasteiger partial charge in [-0.2, -0.15) is 12.7 Å². The van der Waals surface area contributed by atoms with Crippen LogP contribution in [0.25, 0.3) is 0 Å². The third kappa shape index (κ3) is 4.00. The predicted molar refractivity (Wildman–Crippen MR) is 88.1 cm³/mol. The van der Waals surface area contributed by atoms with Gasteiger partial charge < -0.3 is 4.74 Å². The van der Waals surface area contributed by atoms with Crippen molar-refractivity contribution in [3.05, 3.63) is 34.9 Å². The minimum Gasteiger partial charge on any atom is -0.370 e. The van der Waals surface area contributed by atoms with Gasteiger partial charge >= 0.3 is 0 Å². The SMILES string of the molecule is CCCNS(=O)(=O)N1CC(c2cccc(Cl)c2)OCC1(C)C. The van der Waals surface area contributed by atoms with E-state index < -0.39 is 15.7 Å². The van der Waals surface area contributed by atoms with Crippen LogP contribution in [0.4, 0.5) is 0 Å². The highest BCUT2D eigenvalue weighted by Crippen LogP contribution is 2.32. The Labute approximate surface area is 137 Å². The molecule has 22 heavy (non-hydrogen) atoms.